The number of benzene rings is 2. The minimum atomic E-state index is -0.846. The van der Waals surface area contributed by atoms with Crippen molar-refractivity contribution >= 4 is 5.97 Å². The molecule has 6 nitrogen and oxygen atoms in total. The lowest BCUT2D eigenvalue weighted by atomic mass is 9.91. The molecule has 3 unspecified atom stereocenters. The van der Waals surface area contributed by atoms with Gasteiger partial charge in [-0.2, -0.15) is 0 Å². The second-order valence-corrected chi connectivity index (χ2v) is 6.02. The number of hydrazine groups is 1. The van der Waals surface area contributed by atoms with Crippen molar-refractivity contribution in [2.24, 2.45) is 5.92 Å². The number of nitrogens with one attached hydrogen (secondary N) is 2. The first kappa shape index (κ1) is 17.3. The topological polar surface area (TPSA) is 79.8 Å². The Morgan fingerprint density at radius 3 is 2.12 bits per heavy atom. The van der Waals surface area contributed by atoms with Gasteiger partial charge in [-0.05, 0) is 29.8 Å². The monoisotopic (exact) mass is 342 g/mol. The summed E-state index contributed by atoms with van der Waals surface area (Å²) in [5, 5.41) is 9.16. The SMILES string of the molecule is CC1C(C(=O)O)NNC1c1ccc(OCCOc2ccccc2)cc1. The molecule has 3 N–H and O–H groups in total. The van der Waals surface area contributed by atoms with E-state index in [-0.39, 0.29) is 12.0 Å². The van der Waals surface area contributed by atoms with Crippen molar-refractivity contribution in [1.82, 2.24) is 10.9 Å². The zero-order valence-electron chi connectivity index (χ0n) is 14.0. The summed E-state index contributed by atoms with van der Waals surface area (Å²) in [6, 6.07) is 16.7. The van der Waals surface area contributed by atoms with Gasteiger partial charge in [-0.15, -0.1) is 0 Å². The van der Waals surface area contributed by atoms with Crippen molar-refractivity contribution in [1.29, 1.82) is 0 Å². The number of hydrogen-bond donors (Lipinski definition) is 3. The predicted octanol–water partition coefficient (Wildman–Crippen LogP) is 2.38. The van der Waals surface area contributed by atoms with Crippen LogP contribution in [0.15, 0.2) is 54.6 Å². The third-order valence-corrected chi connectivity index (χ3v) is 4.32. The van der Waals surface area contributed by atoms with Gasteiger partial charge in [0.15, 0.2) is 0 Å². The fraction of sp³-hybridized carbons (Fsp3) is 0.316. The Kier molecular flexibility index (Phi) is 5.53. The lowest BCUT2D eigenvalue weighted by Gasteiger charge is -2.17. The van der Waals surface area contributed by atoms with E-state index in [0.717, 1.165) is 17.1 Å². The Balaban J connectivity index is 1.48. The van der Waals surface area contributed by atoms with E-state index in [1.54, 1.807) is 0 Å². The van der Waals surface area contributed by atoms with E-state index < -0.39 is 12.0 Å². The molecule has 132 valence electrons. The van der Waals surface area contributed by atoms with Crippen LogP contribution in [-0.4, -0.2) is 30.3 Å². The molecular formula is C19H22N2O4. The third kappa shape index (κ3) is 4.29. The highest BCUT2D eigenvalue weighted by Gasteiger charge is 2.37. The first-order valence-electron chi connectivity index (χ1n) is 8.29. The molecule has 2 aromatic carbocycles. The molecule has 25 heavy (non-hydrogen) atoms. The molecule has 1 aliphatic rings. The second-order valence-electron chi connectivity index (χ2n) is 6.02. The maximum absolute atomic E-state index is 11.2. The van der Waals surface area contributed by atoms with Gasteiger partial charge in [0.2, 0.25) is 0 Å². The van der Waals surface area contributed by atoms with Crippen LogP contribution < -0.4 is 20.3 Å². The van der Waals surface area contributed by atoms with Gasteiger partial charge in [0, 0.05) is 5.92 Å². The summed E-state index contributed by atoms with van der Waals surface area (Å²) in [4.78, 5) is 11.2. The molecule has 1 aliphatic heterocycles. The summed E-state index contributed by atoms with van der Waals surface area (Å²) in [5.74, 6) is 0.682. The van der Waals surface area contributed by atoms with Gasteiger partial charge in [-0.1, -0.05) is 37.3 Å². The number of hydrogen-bond acceptors (Lipinski definition) is 5. The second kappa shape index (κ2) is 8.00. The van der Waals surface area contributed by atoms with E-state index in [0.29, 0.717) is 13.2 Å². The van der Waals surface area contributed by atoms with Crippen molar-refractivity contribution < 1.29 is 19.4 Å². The molecule has 1 heterocycles. The number of carboxylic acid groups (broad SMARTS) is 1. The standard InChI is InChI=1S/C19H22N2O4/c1-13-17(20-21-18(13)19(22)23)14-7-9-16(10-8-14)25-12-11-24-15-5-3-2-4-6-15/h2-10,13,17-18,20-21H,11-12H2,1H3,(H,22,23). The van der Waals surface area contributed by atoms with Crippen LogP contribution in [0.1, 0.15) is 18.5 Å². The van der Waals surface area contributed by atoms with Gasteiger partial charge < -0.3 is 14.6 Å². The summed E-state index contributed by atoms with van der Waals surface area (Å²) >= 11 is 0. The van der Waals surface area contributed by atoms with Gasteiger partial charge in [-0.25, -0.2) is 10.9 Å². The third-order valence-electron chi connectivity index (χ3n) is 4.32. The highest BCUT2D eigenvalue weighted by molar-refractivity contribution is 5.74. The van der Waals surface area contributed by atoms with Crippen LogP contribution in [-0.2, 0) is 4.79 Å². The Bertz CT molecular complexity index is 690. The minimum absolute atomic E-state index is 0.0448. The average Bonchev–Trinajstić information content (AvgIpc) is 3.02. The number of carbonyl (C=O) groups is 1. The van der Waals surface area contributed by atoms with Crippen LogP contribution in [0.5, 0.6) is 11.5 Å². The normalized spacial score (nSPS) is 22.5. The number of rotatable bonds is 7. The highest BCUT2D eigenvalue weighted by Crippen LogP contribution is 2.29. The molecule has 0 spiro atoms. The molecule has 0 aliphatic carbocycles. The van der Waals surface area contributed by atoms with Gasteiger partial charge in [0.25, 0.3) is 0 Å². The van der Waals surface area contributed by atoms with Crippen molar-refractivity contribution in [3.8, 4) is 11.5 Å². The molecule has 0 radical (unpaired) electrons. The Morgan fingerprint density at radius 1 is 0.960 bits per heavy atom. The molecule has 0 amide bonds. The molecule has 1 fully saturated rings. The first-order chi connectivity index (χ1) is 12.1. The summed E-state index contributed by atoms with van der Waals surface area (Å²) in [6.07, 6.45) is 0. The highest BCUT2D eigenvalue weighted by atomic mass is 16.5. The first-order valence-corrected chi connectivity index (χ1v) is 8.29. The van der Waals surface area contributed by atoms with E-state index >= 15 is 0 Å². The smallest absolute Gasteiger partial charge is 0.322 e. The largest absolute Gasteiger partial charge is 0.490 e. The maximum atomic E-state index is 11.2. The summed E-state index contributed by atoms with van der Waals surface area (Å²) < 4.78 is 11.3. The van der Waals surface area contributed by atoms with Gasteiger partial charge in [-0.3, -0.25) is 4.79 Å². The van der Waals surface area contributed by atoms with E-state index in [1.165, 1.54) is 0 Å². The zero-order valence-corrected chi connectivity index (χ0v) is 14.0. The van der Waals surface area contributed by atoms with Crippen molar-refractivity contribution in [2.75, 3.05) is 13.2 Å². The van der Waals surface area contributed by atoms with Crippen LogP contribution in [0.3, 0.4) is 0 Å². The lowest BCUT2D eigenvalue weighted by molar-refractivity contribution is -0.140. The van der Waals surface area contributed by atoms with Crippen LogP contribution in [0.25, 0.3) is 0 Å². The molecule has 0 aromatic heterocycles. The fourth-order valence-electron chi connectivity index (χ4n) is 2.92. The van der Waals surface area contributed by atoms with E-state index in [4.69, 9.17) is 14.6 Å². The molecule has 0 bridgehead atoms. The number of aliphatic carboxylic acids is 1. The van der Waals surface area contributed by atoms with Crippen molar-refractivity contribution in [3.63, 3.8) is 0 Å². The predicted molar refractivity (Wildman–Crippen MR) is 93.5 cm³/mol. The van der Waals surface area contributed by atoms with Crippen LogP contribution in [0.2, 0.25) is 0 Å². The van der Waals surface area contributed by atoms with E-state index in [2.05, 4.69) is 10.9 Å². The summed E-state index contributed by atoms with van der Waals surface area (Å²) in [7, 11) is 0. The van der Waals surface area contributed by atoms with E-state index in [1.807, 2.05) is 61.5 Å². The van der Waals surface area contributed by atoms with Crippen LogP contribution in [0.4, 0.5) is 0 Å². The zero-order chi connectivity index (χ0) is 17.6. The van der Waals surface area contributed by atoms with E-state index in [9.17, 15) is 4.79 Å². The maximum Gasteiger partial charge on any atom is 0.322 e. The van der Waals surface area contributed by atoms with Crippen molar-refractivity contribution in [3.05, 3.63) is 60.2 Å². The van der Waals surface area contributed by atoms with Gasteiger partial charge in [0.1, 0.15) is 30.8 Å². The van der Waals surface area contributed by atoms with Crippen LogP contribution in [0, 0.1) is 5.92 Å². The minimum Gasteiger partial charge on any atom is -0.490 e. The van der Waals surface area contributed by atoms with Gasteiger partial charge in [0.05, 0.1) is 6.04 Å². The molecule has 0 saturated carbocycles. The lowest BCUT2D eigenvalue weighted by Crippen LogP contribution is -2.37. The average molecular weight is 342 g/mol. The molecule has 3 atom stereocenters. The quantitative estimate of drug-likeness (QED) is 0.671. The fourth-order valence-corrected chi connectivity index (χ4v) is 2.92. The Morgan fingerprint density at radius 2 is 1.56 bits per heavy atom. The molecular weight excluding hydrogens is 320 g/mol. The molecule has 6 heteroatoms. The summed E-state index contributed by atoms with van der Waals surface area (Å²) in [6.45, 7) is 2.84. The molecule has 1 saturated heterocycles. The van der Waals surface area contributed by atoms with Gasteiger partial charge >= 0.3 is 5.97 Å². The van der Waals surface area contributed by atoms with Crippen LogP contribution >= 0.6 is 0 Å². The Labute approximate surface area is 146 Å². The van der Waals surface area contributed by atoms with Crippen molar-refractivity contribution in [2.45, 2.75) is 19.0 Å². The molecule has 2 aromatic rings. The Hall–Kier alpha value is -2.57. The number of para-hydroxylation sites is 1. The number of ether oxygens (including phenoxy) is 2. The summed E-state index contributed by atoms with van der Waals surface area (Å²) in [5.41, 5.74) is 6.91. The molecule has 3 rings (SSSR count). The number of carboxylic acids is 1.